The van der Waals surface area contributed by atoms with Crippen molar-refractivity contribution in [3.8, 4) is 0 Å². The van der Waals surface area contributed by atoms with Gasteiger partial charge in [-0.25, -0.2) is 0 Å². The second-order valence-corrected chi connectivity index (χ2v) is 4.45. The van der Waals surface area contributed by atoms with Gasteiger partial charge in [-0.2, -0.15) is 0 Å². The molecule has 0 heterocycles. The van der Waals surface area contributed by atoms with Gasteiger partial charge in [0.15, 0.2) is 0 Å². The number of hydrogen-bond acceptors (Lipinski definition) is 1. The normalized spacial score (nSPS) is 16.9. The third kappa shape index (κ3) is 4.10. The summed E-state index contributed by atoms with van der Waals surface area (Å²) in [6, 6.07) is 0. The van der Waals surface area contributed by atoms with E-state index in [0.29, 0.717) is 0 Å². The summed E-state index contributed by atoms with van der Waals surface area (Å²) in [5, 5.41) is 9.85. The van der Waals surface area contributed by atoms with Crippen molar-refractivity contribution >= 4 is 0 Å². The van der Waals surface area contributed by atoms with Crippen molar-refractivity contribution < 1.29 is 5.11 Å². The molecule has 0 fully saturated rings. The molecule has 0 spiro atoms. The number of rotatable bonds is 6. The minimum absolute atomic E-state index is 0.138. The van der Waals surface area contributed by atoms with E-state index in [1.165, 1.54) is 5.57 Å². The van der Waals surface area contributed by atoms with E-state index < -0.39 is 0 Å². The molecular weight excluding hydrogens is 172 g/mol. The Kier molecular flexibility index (Phi) is 5.78. The van der Waals surface area contributed by atoms with Crippen LogP contribution in [0.1, 0.15) is 47.0 Å². The molecule has 0 rings (SSSR count). The number of aliphatic hydroxyl groups is 1. The van der Waals surface area contributed by atoms with Gasteiger partial charge >= 0.3 is 0 Å². The van der Waals surface area contributed by atoms with Crippen LogP contribution < -0.4 is 0 Å². The summed E-state index contributed by atoms with van der Waals surface area (Å²) in [5.41, 5.74) is 1.20. The number of aliphatic hydroxyl groups excluding tert-OH is 1. The molecule has 0 saturated heterocycles. The molecule has 0 saturated carbocycles. The van der Waals surface area contributed by atoms with Crippen molar-refractivity contribution in [2.45, 2.75) is 53.1 Å². The lowest BCUT2D eigenvalue weighted by Crippen LogP contribution is -2.29. The first-order valence-electron chi connectivity index (χ1n) is 5.41. The van der Waals surface area contributed by atoms with Crippen LogP contribution in [0.4, 0.5) is 0 Å². The van der Waals surface area contributed by atoms with E-state index in [2.05, 4.69) is 33.4 Å². The van der Waals surface area contributed by atoms with E-state index in [1.807, 2.05) is 13.0 Å². The molecule has 1 heteroatoms. The molecular formula is C13H24O. The summed E-state index contributed by atoms with van der Waals surface area (Å²) < 4.78 is 0. The molecule has 0 aromatic heterocycles. The molecule has 82 valence electrons. The largest absolute Gasteiger partial charge is 0.392 e. The Morgan fingerprint density at radius 2 is 2.07 bits per heavy atom. The van der Waals surface area contributed by atoms with Gasteiger partial charge in [-0.15, -0.1) is 6.58 Å². The highest BCUT2D eigenvalue weighted by atomic mass is 16.3. The summed E-state index contributed by atoms with van der Waals surface area (Å²) in [6.07, 6.45) is 6.60. The highest BCUT2D eigenvalue weighted by Gasteiger charge is 2.27. The summed E-state index contributed by atoms with van der Waals surface area (Å²) in [7, 11) is 0. The third-order valence-electron chi connectivity index (χ3n) is 2.85. The second kappa shape index (κ2) is 6.02. The van der Waals surface area contributed by atoms with Gasteiger partial charge in [-0.1, -0.05) is 31.6 Å². The van der Waals surface area contributed by atoms with Crippen LogP contribution in [0.2, 0.25) is 0 Å². The fraction of sp³-hybridized carbons (Fsp3) is 0.692. The molecule has 0 aliphatic rings. The van der Waals surface area contributed by atoms with Crippen LogP contribution in [-0.4, -0.2) is 11.2 Å². The second-order valence-electron chi connectivity index (χ2n) is 4.45. The van der Waals surface area contributed by atoms with Crippen LogP contribution >= 0.6 is 0 Å². The molecule has 0 bridgehead atoms. The van der Waals surface area contributed by atoms with Crippen molar-refractivity contribution in [2.75, 3.05) is 0 Å². The minimum Gasteiger partial charge on any atom is -0.392 e. The zero-order chi connectivity index (χ0) is 11.2. The Bertz CT molecular complexity index is 201. The maximum absolute atomic E-state index is 9.85. The number of allylic oxidation sites excluding steroid dienone is 2. The Hall–Kier alpha value is -0.560. The first kappa shape index (κ1) is 13.4. The summed E-state index contributed by atoms with van der Waals surface area (Å²) in [4.78, 5) is 0. The molecule has 0 aromatic rings. The third-order valence-corrected chi connectivity index (χ3v) is 2.85. The molecule has 14 heavy (non-hydrogen) atoms. The summed E-state index contributed by atoms with van der Waals surface area (Å²) in [5.74, 6) is 0. The average Bonchev–Trinajstić information content (AvgIpc) is 2.15. The van der Waals surface area contributed by atoms with Crippen molar-refractivity contribution in [3.63, 3.8) is 0 Å². The van der Waals surface area contributed by atoms with Crippen molar-refractivity contribution in [2.24, 2.45) is 5.41 Å². The highest BCUT2D eigenvalue weighted by molar-refractivity contribution is 5.00. The van der Waals surface area contributed by atoms with Gasteiger partial charge in [0.2, 0.25) is 0 Å². The zero-order valence-corrected chi connectivity index (χ0v) is 10.0. The zero-order valence-electron chi connectivity index (χ0n) is 10.0. The van der Waals surface area contributed by atoms with Gasteiger partial charge in [0.05, 0.1) is 6.10 Å². The lowest BCUT2D eigenvalue weighted by molar-refractivity contribution is 0.0619. The van der Waals surface area contributed by atoms with Crippen LogP contribution in [0.3, 0.4) is 0 Å². The maximum atomic E-state index is 9.85. The maximum Gasteiger partial charge on any atom is 0.0625 e. The van der Waals surface area contributed by atoms with Crippen LogP contribution in [-0.2, 0) is 0 Å². The monoisotopic (exact) mass is 196 g/mol. The topological polar surface area (TPSA) is 20.2 Å². The standard InChI is InChI=1S/C13H24O/c1-6-12(14)13(5,7-2)10-8-9-11(3)4/h7,9,12,14H,2,6,8,10H2,1,3-5H3. The first-order valence-corrected chi connectivity index (χ1v) is 5.41. The van der Waals surface area contributed by atoms with Crippen molar-refractivity contribution in [1.82, 2.24) is 0 Å². The summed E-state index contributed by atoms with van der Waals surface area (Å²) >= 11 is 0. The van der Waals surface area contributed by atoms with Gasteiger partial charge in [-0.05, 0) is 33.1 Å². The van der Waals surface area contributed by atoms with E-state index in [1.54, 1.807) is 0 Å². The van der Waals surface area contributed by atoms with Crippen LogP contribution in [0.5, 0.6) is 0 Å². The highest BCUT2D eigenvalue weighted by Crippen LogP contribution is 2.31. The Balaban J connectivity index is 4.26. The Morgan fingerprint density at radius 1 is 1.50 bits per heavy atom. The smallest absolute Gasteiger partial charge is 0.0625 e. The molecule has 0 aliphatic heterocycles. The fourth-order valence-electron chi connectivity index (χ4n) is 1.54. The average molecular weight is 196 g/mol. The minimum atomic E-state index is -0.273. The van der Waals surface area contributed by atoms with Crippen molar-refractivity contribution in [1.29, 1.82) is 0 Å². The van der Waals surface area contributed by atoms with Gasteiger partial charge in [0, 0.05) is 5.41 Å². The van der Waals surface area contributed by atoms with E-state index >= 15 is 0 Å². The van der Waals surface area contributed by atoms with Crippen LogP contribution in [0.25, 0.3) is 0 Å². The van der Waals surface area contributed by atoms with Gasteiger partial charge < -0.3 is 5.11 Å². The van der Waals surface area contributed by atoms with Crippen LogP contribution in [0, 0.1) is 5.41 Å². The summed E-state index contributed by atoms with van der Waals surface area (Å²) in [6.45, 7) is 12.1. The molecule has 0 aromatic carbocycles. The van der Waals surface area contributed by atoms with E-state index in [4.69, 9.17) is 0 Å². The van der Waals surface area contributed by atoms with Crippen molar-refractivity contribution in [3.05, 3.63) is 24.3 Å². The van der Waals surface area contributed by atoms with Gasteiger partial charge in [0.25, 0.3) is 0 Å². The molecule has 1 N–H and O–H groups in total. The number of hydrogen-bond donors (Lipinski definition) is 1. The molecule has 0 amide bonds. The molecule has 2 unspecified atom stereocenters. The van der Waals surface area contributed by atoms with Crippen LogP contribution in [0.15, 0.2) is 24.3 Å². The van der Waals surface area contributed by atoms with E-state index in [-0.39, 0.29) is 11.5 Å². The molecule has 1 nitrogen and oxygen atoms in total. The Morgan fingerprint density at radius 3 is 2.43 bits per heavy atom. The quantitative estimate of drug-likeness (QED) is 0.642. The molecule has 2 atom stereocenters. The first-order chi connectivity index (χ1) is 6.46. The predicted octanol–water partition coefficient (Wildman–Crippen LogP) is 3.70. The fourth-order valence-corrected chi connectivity index (χ4v) is 1.54. The van der Waals surface area contributed by atoms with Gasteiger partial charge in [0.1, 0.15) is 0 Å². The van der Waals surface area contributed by atoms with E-state index in [0.717, 1.165) is 19.3 Å². The SMILES string of the molecule is C=CC(C)(CCC=C(C)C)C(O)CC. The van der Waals surface area contributed by atoms with Gasteiger partial charge in [-0.3, -0.25) is 0 Å². The molecule has 0 radical (unpaired) electrons. The lowest BCUT2D eigenvalue weighted by atomic mass is 9.79. The molecule has 0 aliphatic carbocycles. The lowest BCUT2D eigenvalue weighted by Gasteiger charge is -2.30. The predicted molar refractivity (Wildman–Crippen MR) is 63.3 cm³/mol. The Labute approximate surface area is 88.5 Å². The van der Waals surface area contributed by atoms with E-state index in [9.17, 15) is 5.11 Å².